The van der Waals surface area contributed by atoms with Gasteiger partial charge in [-0.15, -0.1) is 0 Å². The van der Waals surface area contributed by atoms with Crippen LogP contribution in [-0.2, 0) is 14.3 Å². The van der Waals surface area contributed by atoms with Gasteiger partial charge in [-0.25, -0.2) is 0 Å². The number of aliphatic carboxylic acids is 1. The zero-order valence-electron chi connectivity index (χ0n) is 13.7. The van der Waals surface area contributed by atoms with Crippen LogP contribution in [0.4, 0.5) is 0 Å². The van der Waals surface area contributed by atoms with Gasteiger partial charge in [0.15, 0.2) is 0 Å². The van der Waals surface area contributed by atoms with Crippen molar-refractivity contribution >= 4 is 11.9 Å². The number of carbonyl (C=O) groups is 2. The Hall–Kier alpha value is -1.32. The zero-order valence-corrected chi connectivity index (χ0v) is 13.7. The lowest BCUT2D eigenvalue weighted by Gasteiger charge is -2.42. The average molecular weight is 308 g/mol. The predicted octanol–water partition coefficient (Wildman–Crippen LogP) is 3.95. The summed E-state index contributed by atoms with van der Waals surface area (Å²) < 4.78 is 6.02. The first-order valence-electron chi connectivity index (χ1n) is 8.61. The number of carbonyl (C=O) groups excluding carboxylic acids is 1. The third-order valence-corrected chi connectivity index (χ3v) is 5.57. The molecule has 0 saturated heterocycles. The third kappa shape index (κ3) is 3.53. The highest BCUT2D eigenvalue weighted by Crippen LogP contribution is 2.41. The molecule has 4 heteroatoms. The number of ether oxygens (including phenoxy) is 1. The number of hydrogen-bond donors (Lipinski definition) is 1. The Labute approximate surface area is 132 Å². The van der Waals surface area contributed by atoms with Gasteiger partial charge in [-0.1, -0.05) is 32.4 Å². The molecule has 1 saturated carbocycles. The van der Waals surface area contributed by atoms with Gasteiger partial charge in [-0.05, 0) is 50.9 Å². The first kappa shape index (κ1) is 17.0. The zero-order chi connectivity index (χ0) is 16.2. The van der Waals surface area contributed by atoms with Crippen molar-refractivity contribution in [2.24, 2.45) is 17.8 Å². The van der Waals surface area contributed by atoms with Crippen molar-refractivity contribution in [2.45, 2.75) is 70.8 Å². The maximum atomic E-state index is 12.7. The van der Waals surface area contributed by atoms with Gasteiger partial charge < -0.3 is 9.84 Å². The predicted molar refractivity (Wildman–Crippen MR) is 84.4 cm³/mol. The van der Waals surface area contributed by atoms with Crippen LogP contribution >= 0.6 is 0 Å². The van der Waals surface area contributed by atoms with E-state index in [4.69, 9.17) is 4.74 Å². The second kappa shape index (κ2) is 7.30. The Balaban J connectivity index is 2.13. The van der Waals surface area contributed by atoms with Crippen molar-refractivity contribution in [3.63, 3.8) is 0 Å². The molecule has 0 bridgehead atoms. The summed E-state index contributed by atoms with van der Waals surface area (Å²) in [4.78, 5) is 24.1. The van der Waals surface area contributed by atoms with Gasteiger partial charge in [-0.3, -0.25) is 9.59 Å². The molecular weight excluding hydrogens is 280 g/mol. The standard InChI is InChI=1S/C18H28O4/c1-3-13(2)18(11-7-4-8-12-18)22-17(21)15-10-6-5-9-14(15)16(19)20/h5-6,13-15H,3-4,7-12H2,1-2H3,(H,19,20). The molecule has 0 heterocycles. The van der Waals surface area contributed by atoms with Crippen molar-refractivity contribution in [2.75, 3.05) is 0 Å². The van der Waals surface area contributed by atoms with E-state index in [1.54, 1.807) is 0 Å². The van der Waals surface area contributed by atoms with Gasteiger partial charge in [0.2, 0.25) is 0 Å². The van der Waals surface area contributed by atoms with E-state index in [1.807, 2.05) is 12.2 Å². The van der Waals surface area contributed by atoms with Crippen LogP contribution < -0.4 is 0 Å². The number of esters is 1. The molecule has 0 aliphatic heterocycles. The number of carboxylic acid groups (broad SMARTS) is 1. The molecule has 1 fully saturated rings. The molecule has 22 heavy (non-hydrogen) atoms. The molecule has 0 aromatic heterocycles. The van der Waals surface area contributed by atoms with Crippen LogP contribution in [0, 0.1) is 17.8 Å². The normalized spacial score (nSPS) is 28.8. The topological polar surface area (TPSA) is 63.6 Å². The quantitative estimate of drug-likeness (QED) is 0.617. The molecule has 124 valence electrons. The SMILES string of the molecule is CCC(C)C1(OC(=O)C2CC=CCC2C(=O)O)CCCCC1. The van der Waals surface area contributed by atoms with Crippen LogP contribution in [-0.4, -0.2) is 22.6 Å². The van der Waals surface area contributed by atoms with Crippen LogP contribution in [0.15, 0.2) is 12.2 Å². The smallest absolute Gasteiger partial charge is 0.310 e. The minimum Gasteiger partial charge on any atom is -0.481 e. The molecule has 1 N–H and O–H groups in total. The highest BCUT2D eigenvalue weighted by molar-refractivity contribution is 5.82. The lowest BCUT2D eigenvalue weighted by Crippen LogP contribution is -2.46. The summed E-state index contributed by atoms with van der Waals surface area (Å²) in [6, 6.07) is 0. The number of hydrogen-bond acceptors (Lipinski definition) is 3. The van der Waals surface area contributed by atoms with Crippen molar-refractivity contribution < 1.29 is 19.4 Å². The molecule has 3 atom stereocenters. The molecule has 0 amide bonds. The summed E-state index contributed by atoms with van der Waals surface area (Å²) in [5.74, 6) is -2.06. The summed E-state index contributed by atoms with van der Waals surface area (Å²) in [6.07, 6.45) is 10.8. The van der Waals surface area contributed by atoms with Crippen molar-refractivity contribution in [3.8, 4) is 0 Å². The van der Waals surface area contributed by atoms with E-state index < -0.39 is 17.8 Å². The number of carboxylic acids is 1. The minimum absolute atomic E-state index is 0.307. The summed E-state index contributed by atoms with van der Waals surface area (Å²) >= 11 is 0. The van der Waals surface area contributed by atoms with Gasteiger partial charge >= 0.3 is 11.9 Å². The molecule has 2 aliphatic rings. The van der Waals surface area contributed by atoms with Crippen LogP contribution in [0.1, 0.15) is 65.2 Å². The Kier molecular flexibility index (Phi) is 5.65. The molecule has 4 nitrogen and oxygen atoms in total. The van der Waals surface area contributed by atoms with Crippen molar-refractivity contribution in [3.05, 3.63) is 12.2 Å². The molecule has 0 radical (unpaired) electrons. The maximum Gasteiger partial charge on any atom is 0.310 e. The lowest BCUT2D eigenvalue weighted by atomic mass is 9.74. The average Bonchev–Trinajstić information content (AvgIpc) is 2.54. The van der Waals surface area contributed by atoms with Crippen LogP contribution in [0.3, 0.4) is 0 Å². The Morgan fingerprint density at radius 1 is 1.18 bits per heavy atom. The monoisotopic (exact) mass is 308 g/mol. The van der Waals surface area contributed by atoms with E-state index in [0.717, 1.165) is 32.1 Å². The molecule has 3 unspecified atom stereocenters. The highest BCUT2D eigenvalue weighted by Gasteiger charge is 2.43. The maximum absolute atomic E-state index is 12.7. The molecule has 0 aromatic carbocycles. The third-order valence-electron chi connectivity index (χ3n) is 5.57. The molecule has 2 aliphatic carbocycles. The van der Waals surface area contributed by atoms with Gasteiger partial charge in [0.05, 0.1) is 11.8 Å². The van der Waals surface area contributed by atoms with Crippen LogP contribution in [0.5, 0.6) is 0 Å². The van der Waals surface area contributed by atoms with Gasteiger partial charge in [0.1, 0.15) is 5.60 Å². The summed E-state index contributed by atoms with van der Waals surface area (Å²) in [5, 5.41) is 9.34. The first-order valence-corrected chi connectivity index (χ1v) is 8.61. The Morgan fingerprint density at radius 3 is 2.32 bits per heavy atom. The first-order chi connectivity index (χ1) is 10.5. The molecular formula is C18H28O4. The van der Waals surface area contributed by atoms with Crippen molar-refractivity contribution in [1.29, 1.82) is 0 Å². The van der Waals surface area contributed by atoms with E-state index in [1.165, 1.54) is 6.42 Å². The fourth-order valence-corrected chi connectivity index (χ4v) is 3.84. The Morgan fingerprint density at radius 2 is 1.77 bits per heavy atom. The van der Waals surface area contributed by atoms with E-state index in [-0.39, 0.29) is 11.6 Å². The van der Waals surface area contributed by atoms with Gasteiger partial charge in [0, 0.05) is 0 Å². The summed E-state index contributed by atoms with van der Waals surface area (Å²) in [6.45, 7) is 4.27. The van der Waals surface area contributed by atoms with E-state index in [9.17, 15) is 14.7 Å². The Bertz CT molecular complexity index is 434. The van der Waals surface area contributed by atoms with Gasteiger partial charge in [0.25, 0.3) is 0 Å². The molecule has 0 spiro atoms. The van der Waals surface area contributed by atoms with E-state index in [0.29, 0.717) is 18.8 Å². The molecule has 0 aromatic rings. The van der Waals surface area contributed by atoms with Crippen molar-refractivity contribution in [1.82, 2.24) is 0 Å². The lowest BCUT2D eigenvalue weighted by molar-refractivity contribution is -0.180. The van der Waals surface area contributed by atoms with Crippen LogP contribution in [0.25, 0.3) is 0 Å². The van der Waals surface area contributed by atoms with E-state index >= 15 is 0 Å². The number of allylic oxidation sites excluding steroid dienone is 2. The summed E-state index contributed by atoms with van der Waals surface area (Å²) in [7, 11) is 0. The van der Waals surface area contributed by atoms with Crippen LogP contribution in [0.2, 0.25) is 0 Å². The van der Waals surface area contributed by atoms with E-state index in [2.05, 4.69) is 13.8 Å². The largest absolute Gasteiger partial charge is 0.481 e. The highest BCUT2D eigenvalue weighted by atomic mass is 16.6. The minimum atomic E-state index is -0.896. The van der Waals surface area contributed by atoms with Gasteiger partial charge in [-0.2, -0.15) is 0 Å². The number of rotatable bonds is 5. The fraction of sp³-hybridized carbons (Fsp3) is 0.778. The molecule has 2 rings (SSSR count). The summed E-state index contributed by atoms with van der Waals surface area (Å²) in [5.41, 5.74) is -0.381. The fourth-order valence-electron chi connectivity index (χ4n) is 3.84. The second-order valence-corrected chi connectivity index (χ2v) is 6.85. The second-order valence-electron chi connectivity index (χ2n) is 6.85.